The minimum absolute atomic E-state index is 0.0295. The van der Waals surface area contributed by atoms with Crippen LogP contribution in [0.3, 0.4) is 0 Å². The molecule has 3 rings (SSSR count). The van der Waals surface area contributed by atoms with E-state index in [0.717, 1.165) is 49.6 Å². The second-order valence-electron chi connectivity index (χ2n) is 6.77. The molecule has 0 N–H and O–H groups in total. The first-order chi connectivity index (χ1) is 13.2. The minimum atomic E-state index is -0.0295. The van der Waals surface area contributed by atoms with E-state index in [0.29, 0.717) is 6.54 Å². The average Bonchev–Trinajstić information content (AvgIpc) is 2.73. The lowest BCUT2D eigenvalue weighted by Crippen LogP contribution is -2.36. The molecule has 1 aliphatic rings. The number of para-hydroxylation sites is 1. The third-order valence-electron chi connectivity index (χ3n) is 4.86. The van der Waals surface area contributed by atoms with Crippen LogP contribution in [-0.2, 0) is 22.5 Å². The molecule has 1 fully saturated rings. The zero-order chi connectivity index (χ0) is 19.1. The van der Waals surface area contributed by atoms with E-state index in [1.165, 1.54) is 5.69 Å². The Kier molecular flexibility index (Phi) is 6.71. The van der Waals surface area contributed by atoms with Gasteiger partial charge < -0.3 is 19.3 Å². The van der Waals surface area contributed by atoms with E-state index in [1.807, 2.05) is 31.3 Å². The van der Waals surface area contributed by atoms with Gasteiger partial charge in [0, 0.05) is 32.4 Å². The monoisotopic (exact) mass is 368 g/mol. The number of hydrogen-bond acceptors (Lipinski definition) is 4. The summed E-state index contributed by atoms with van der Waals surface area (Å²) in [6.45, 7) is 6.11. The molecule has 27 heavy (non-hydrogen) atoms. The van der Waals surface area contributed by atoms with Crippen LogP contribution in [0.2, 0.25) is 0 Å². The fourth-order valence-corrected chi connectivity index (χ4v) is 3.18. The molecule has 1 heterocycles. The van der Waals surface area contributed by atoms with Crippen molar-refractivity contribution < 1.29 is 14.3 Å². The van der Waals surface area contributed by atoms with Gasteiger partial charge in [-0.2, -0.15) is 0 Å². The van der Waals surface area contributed by atoms with Crippen LogP contribution in [0.25, 0.3) is 0 Å². The highest BCUT2D eigenvalue weighted by molar-refractivity contribution is 5.77. The van der Waals surface area contributed by atoms with Crippen LogP contribution in [0, 0.1) is 0 Å². The quantitative estimate of drug-likeness (QED) is 0.753. The number of aryl methyl sites for hydroxylation is 1. The number of rotatable bonds is 7. The van der Waals surface area contributed by atoms with Gasteiger partial charge in [0.1, 0.15) is 5.75 Å². The Labute approximate surface area is 161 Å². The van der Waals surface area contributed by atoms with Crippen LogP contribution in [0.4, 0.5) is 5.69 Å². The summed E-state index contributed by atoms with van der Waals surface area (Å²) in [5, 5.41) is 0. The average molecular weight is 368 g/mol. The first-order valence-corrected chi connectivity index (χ1v) is 9.53. The SMILES string of the molecule is CCc1ccccc1OCC(=O)N(C)Cc1ccc(N2CCOCC2)cc1. The number of ether oxygens (including phenoxy) is 2. The molecule has 1 amide bonds. The molecule has 0 radical (unpaired) electrons. The molecular formula is C22H28N2O3. The largest absolute Gasteiger partial charge is 0.483 e. The summed E-state index contributed by atoms with van der Waals surface area (Å²) in [7, 11) is 1.81. The van der Waals surface area contributed by atoms with Gasteiger partial charge in [-0.05, 0) is 35.7 Å². The Hall–Kier alpha value is -2.53. The van der Waals surface area contributed by atoms with Gasteiger partial charge in [0.25, 0.3) is 5.91 Å². The lowest BCUT2D eigenvalue weighted by molar-refractivity contribution is -0.132. The molecule has 0 spiro atoms. The topological polar surface area (TPSA) is 42.0 Å². The molecule has 5 nitrogen and oxygen atoms in total. The summed E-state index contributed by atoms with van der Waals surface area (Å²) in [5.74, 6) is 0.759. The molecule has 0 unspecified atom stereocenters. The number of anilines is 1. The van der Waals surface area contributed by atoms with Crippen molar-refractivity contribution in [1.82, 2.24) is 4.90 Å². The number of carbonyl (C=O) groups excluding carboxylic acids is 1. The van der Waals surface area contributed by atoms with Crippen molar-refractivity contribution in [2.45, 2.75) is 19.9 Å². The second-order valence-corrected chi connectivity index (χ2v) is 6.77. The van der Waals surface area contributed by atoms with Crippen molar-refractivity contribution in [2.75, 3.05) is 44.9 Å². The Morgan fingerprint density at radius 2 is 1.81 bits per heavy atom. The predicted molar refractivity (Wildman–Crippen MR) is 107 cm³/mol. The zero-order valence-electron chi connectivity index (χ0n) is 16.2. The van der Waals surface area contributed by atoms with E-state index in [9.17, 15) is 4.79 Å². The van der Waals surface area contributed by atoms with Crippen LogP contribution in [0.1, 0.15) is 18.1 Å². The highest BCUT2D eigenvalue weighted by Gasteiger charge is 2.13. The number of carbonyl (C=O) groups is 1. The lowest BCUT2D eigenvalue weighted by Gasteiger charge is -2.29. The highest BCUT2D eigenvalue weighted by Crippen LogP contribution is 2.19. The fourth-order valence-electron chi connectivity index (χ4n) is 3.18. The van der Waals surface area contributed by atoms with Crippen LogP contribution >= 0.6 is 0 Å². The van der Waals surface area contributed by atoms with Crippen molar-refractivity contribution in [1.29, 1.82) is 0 Å². The van der Waals surface area contributed by atoms with Gasteiger partial charge in [0.05, 0.1) is 13.2 Å². The van der Waals surface area contributed by atoms with Crippen molar-refractivity contribution in [2.24, 2.45) is 0 Å². The Bertz CT molecular complexity index is 739. The molecule has 0 aliphatic carbocycles. The lowest BCUT2D eigenvalue weighted by atomic mass is 10.1. The van der Waals surface area contributed by atoms with E-state index >= 15 is 0 Å². The smallest absolute Gasteiger partial charge is 0.260 e. The number of nitrogens with zero attached hydrogens (tertiary/aromatic N) is 2. The summed E-state index contributed by atoms with van der Waals surface area (Å²) in [5.41, 5.74) is 3.43. The molecule has 2 aromatic carbocycles. The molecule has 0 saturated carbocycles. The second kappa shape index (κ2) is 9.42. The molecule has 5 heteroatoms. The summed E-state index contributed by atoms with van der Waals surface area (Å²) >= 11 is 0. The fraction of sp³-hybridized carbons (Fsp3) is 0.409. The van der Waals surface area contributed by atoms with Crippen molar-refractivity contribution in [3.63, 3.8) is 0 Å². The first-order valence-electron chi connectivity index (χ1n) is 9.53. The molecule has 0 aromatic heterocycles. The van der Waals surface area contributed by atoms with Crippen molar-refractivity contribution in [3.05, 3.63) is 59.7 Å². The van der Waals surface area contributed by atoms with Crippen LogP contribution in [-0.4, -0.2) is 50.8 Å². The minimum Gasteiger partial charge on any atom is -0.483 e. The number of likely N-dealkylation sites (N-methyl/N-ethyl adjacent to an activating group) is 1. The van der Waals surface area contributed by atoms with Crippen LogP contribution in [0.5, 0.6) is 5.75 Å². The highest BCUT2D eigenvalue weighted by atomic mass is 16.5. The van der Waals surface area contributed by atoms with Gasteiger partial charge in [-0.25, -0.2) is 0 Å². The third-order valence-corrected chi connectivity index (χ3v) is 4.86. The van der Waals surface area contributed by atoms with Crippen molar-refractivity contribution in [3.8, 4) is 5.75 Å². The van der Waals surface area contributed by atoms with Gasteiger partial charge >= 0.3 is 0 Å². The normalized spacial score (nSPS) is 14.1. The zero-order valence-corrected chi connectivity index (χ0v) is 16.2. The molecule has 0 bridgehead atoms. The van der Waals surface area contributed by atoms with Crippen LogP contribution in [0.15, 0.2) is 48.5 Å². The number of morpholine rings is 1. The Morgan fingerprint density at radius 3 is 2.52 bits per heavy atom. The summed E-state index contributed by atoms with van der Waals surface area (Å²) in [6.07, 6.45) is 0.885. The van der Waals surface area contributed by atoms with E-state index in [2.05, 4.69) is 36.1 Å². The van der Waals surface area contributed by atoms with Gasteiger partial charge in [-0.1, -0.05) is 37.3 Å². The summed E-state index contributed by atoms with van der Waals surface area (Å²) in [4.78, 5) is 16.4. The standard InChI is InChI=1S/C22H28N2O3/c1-3-19-6-4-5-7-21(19)27-17-22(25)23(2)16-18-8-10-20(11-9-18)24-12-14-26-15-13-24/h4-11H,3,12-17H2,1-2H3. The predicted octanol–water partition coefficient (Wildman–Crippen LogP) is 3.12. The third kappa shape index (κ3) is 5.23. The molecule has 1 saturated heterocycles. The maximum atomic E-state index is 12.4. The Morgan fingerprint density at radius 1 is 1.11 bits per heavy atom. The van der Waals surface area contributed by atoms with Crippen LogP contribution < -0.4 is 9.64 Å². The Balaban J connectivity index is 1.51. The van der Waals surface area contributed by atoms with E-state index in [1.54, 1.807) is 4.90 Å². The maximum Gasteiger partial charge on any atom is 0.260 e. The molecule has 144 valence electrons. The summed E-state index contributed by atoms with van der Waals surface area (Å²) in [6, 6.07) is 16.3. The van der Waals surface area contributed by atoms with E-state index < -0.39 is 0 Å². The molecule has 1 aliphatic heterocycles. The number of benzene rings is 2. The van der Waals surface area contributed by atoms with Gasteiger partial charge in [-0.3, -0.25) is 4.79 Å². The van der Waals surface area contributed by atoms with Gasteiger partial charge in [-0.15, -0.1) is 0 Å². The molecule has 2 aromatic rings. The molecule has 0 atom stereocenters. The first kappa shape index (κ1) is 19.2. The number of hydrogen-bond donors (Lipinski definition) is 0. The van der Waals surface area contributed by atoms with Gasteiger partial charge in [0.2, 0.25) is 0 Å². The van der Waals surface area contributed by atoms with E-state index in [4.69, 9.17) is 9.47 Å². The summed E-state index contributed by atoms with van der Waals surface area (Å²) < 4.78 is 11.1. The maximum absolute atomic E-state index is 12.4. The van der Waals surface area contributed by atoms with Crippen molar-refractivity contribution >= 4 is 11.6 Å². The molecular weight excluding hydrogens is 340 g/mol. The van der Waals surface area contributed by atoms with E-state index in [-0.39, 0.29) is 12.5 Å². The van der Waals surface area contributed by atoms with Gasteiger partial charge in [0.15, 0.2) is 6.61 Å². The number of amides is 1.